The summed E-state index contributed by atoms with van der Waals surface area (Å²) in [7, 11) is 0. The van der Waals surface area contributed by atoms with Gasteiger partial charge in [-0.2, -0.15) is 0 Å². The molecular formula is C68H77BrCl2N2. The van der Waals surface area contributed by atoms with Crippen LogP contribution in [0.15, 0.2) is 174 Å². The lowest BCUT2D eigenvalue weighted by Crippen LogP contribution is -2.16. The molecule has 8 aromatic carbocycles. The highest BCUT2D eigenvalue weighted by molar-refractivity contribution is 9.10. The van der Waals surface area contributed by atoms with Crippen LogP contribution >= 0.6 is 39.1 Å². The molecule has 0 radical (unpaired) electrons. The monoisotopic (exact) mass is 1070 g/mol. The van der Waals surface area contributed by atoms with Crippen molar-refractivity contribution in [3.63, 3.8) is 0 Å². The third kappa shape index (κ3) is 15.3. The van der Waals surface area contributed by atoms with Crippen LogP contribution in [0.4, 0.5) is 28.4 Å². The highest BCUT2D eigenvalue weighted by atomic mass is 79.9. The number of nitrogens with one attached hydrogen (secondary N) is 1. The second-order valence-electron chi connectivity index (χ2n) is 23.6. The van der Waals surface area contributed by atoms with Crippen molar-refractivity contribution in [3.8, 4) is 22.3 Å². The number of aryl methyl sites for hydroxylation is 4. The van der Waals surface area contributed by atoms with Crippen LogP contribution in [0, 0.1) is 27.7 Å². The van der Waals surface area contributed by atoms with Crippen molar-refractivity contribution >= 4 is 67.6 Å². The first-order chi connectivity index (χ1) is 34.1. The lowest BCUT2D eigenvalue weighted by molar-refractivity contribution is 0.589. The van der Waals surface area contributed by atoms with Crippen LogP contribution < -0.4 is 10.2 Å². The van der Waals surface area contributed by atoms with Crippen molar-refractivity contribution in [2.24, 2.45) is 0 Å². The van der Waals surface area contributed by atoms with Gasteiger partial charge in [-0.05, 0) is 201 Å². The van der Waals surface area contributed by atoms with E-state index in [1.807, 2.05) is 12.1 Å². The molecule has 0 aromatic heterocycles. The second kappa shape index (κ2) is 23.3. The van der Waals surface area contributed by atoms with Gasteiger partial charge in [0.1, 0.15) is 0 Å². The van der Waals surface area contributed by atoms with Gasteiger partial charge in [0.05, 0.1) is 0 Å². The lowest BCUT2D eigenvalue weighted by Gasteiger charge is -2.30. The Morgan fingerprint density at radius 1 is 0.356 bits per heavy atom. The molecule has 2 nitrogen and oxygen atoms in total. The third-order valence-corrected chi connectivity index (χ3v) is 14.1. The molecule has 0 aliphatic rings. The molecule has 0 fully saturated rings. The summed E-state index contributed by atoms with van der Waals surface area (Å²) in [5, 5.41) is 5.02. The molecule has 0 aliphatic carbocycles. The first kappa shape index (κ1) is 56.7. The highest BCUT2D eigenvalue weighted by Gasteiger charge is 2.22. The first-order valence-corrected chi connectivity index (χ1v) is 27.0. The van der Waals surface area contributed by atoms with E-state index in [0.29, 0.717) is 0 Å². The molecule has 5 heteroatoms. The maximum absolute atomic E-state index is 6.80. The van der Waals surface area contributed by atoms with E-state index < -0.39 is 0 Å². The van der Waals surface area contributed by atoms with E-state index in [9.17, 15) is 0 Å². The van der Waals surface area contributed by atoms with Crippen LogP contribution in [-0.4, -0.2) is 0 Å². The molecular weight excluding hydrogens is 996 g/mol. The molecule has 1 N–H and O–H groups in total. The van der Waals surface area contributed by atoms with Gasteiger partial charge in [0.15, 0.2) is 0 Å². The molecule has 0 bridgehead atoms. The molecule has 8 rings (SSSR count). The quantitative estimate of drug-likeness (QED) is 0.171. The van der Waals surface area contributed by atoms with Crippen LogP contribution in [0.5, 0.6) is 0 Å². The van der Waals surface area contributed by atoms with Crippen LogP contribution in [0.25, 0.3) is 22.3 Å². The Morgan fingerprint density at radius 2 is 0.685 bits per heavy atom. The van der Waals surface area contributed by atoms with Crippen molar-refractivity contribution < 1.29 is 0 Å². The SMILES string of the molecule is CC(C)(C)c1cccc(Nc2cccc(C(C)(C)C)c2)c1.Cc1cccc(C)c1-c1cc(Cl)cc(Br)c1.Cc1cccc(C)c1-c1cc(Cl)cc(N(c2cccc(C(C)(C)C)c2)c2cccc(C(C)(C)C)c2)c1. The molecule has 73 heavy (non-hydrogen) atoms. The zero-order valence-electron chi connectivity index (χ0n) is 46.2. The number of halogens is 3. The van der Waals surface area contributed by atoms with Gasteiger partial charge in [-0.3, -0.25) is 0 Å². The van der Waals surface area contributed by atoms with Crippen molar-refractivity contribution in [3.05, 3.63) is 229 Å². The number of rotatable bonds is 7. The number of hydrogen-bond donors (Lipinski definition) is 1. The van der Waals surface area contributed by atoms with E-state index in [2.05, 4.69) is 295 Å². The minimum atomic E-state index is 0.0483. The standard InChI is InChI=1S/C34H38ClN.C20H27N.C14H12BrCl/c1-23-12-9-13-24(2)32(23)25-18-28(35)22-31(19-25)36(29-16-10-14-26(20-29)33(3,4)5)30-17-11-15-27(21-30)34(6,7)8;1-19(2,3)15-9-7-11-17(13-15)21-18-12-8-10-16(14-18)20(4,5)6;1-9-4-3-5-10(2)14(9)11-6-12(15)8-13(16)7-11/h9-22H,1-8H3;7-14,21H,1-6H3;3-8H,1-2H3. The Morgan fingerprint density at radius 3 is 1.05 bits per heavy atom. The topological polar surface area (TPSA) is 15.3 Å². The molecule has 0 unspecified atom stereocenters. The minimum absolute atomic E-state index is 0.0483. The van der Waals surface area contributed by atoms with Crippen molar-refractivity contribution in [2.75, 3.05) is 10.2 Å². The van der Waals surface area contributed by atoms with Crippen molar-refractivity contribution in [1.29, 1.82) is 0 Å². The van der Waals surface area contributed by atoms with Crippen LogP contribution in [-0.2, 0) is 21.7 Å². The fourth-order valence-electron chi connectivity index (χ4n) is 9.05. The molecule has 0 spiro atoms. The summed E-state index contributed by atoms with van der Waals surface area (Å²) >= 11 is 16.4. The fourth-order valence-corrected chi connectivity index (χ4v) is 10.1. The van der Waals surface area contributed by atoms with Gasteiger partial charge in [0, 0.05) is 43.0 Å². The van der Waals surface area contributed by atoms with Crippen LogP contribution in [0.2, 0.25) is 10.0 Å². The van der Waals surface area contributed by atoms with Crippen LogP contribution in [0.3, 0.4) is 0 Å². The fraction of sp³-hybridized carbons (Fsp3) is 0.294. The molecule has 0 amide bonds. The summed E-state index contributed by atoms with van der Waals surface area (Å²) in [5.74, 6) is 0. The third-order valence-electron chi connectivity index (χ3n) is 13.2. The number of anilines is 5. The van der Waals surface area contributed by atoms with Gasteiger partial charge in [0.25, 0.3) is 0 Å². The summed E-state index contributed by atoms with van der Waals surface area (Å²) < 4.78 is 1.01. The molecule has 0 aliphatic heterocycles. The largest absolute Gasteiger partial charge is 0.356 e. The Kier molecular flexibility index (Phi) is 18.1. The predicted molar refractivity (Wildman–Crippen MR) is 326 cm³/mol. The summed E-state index contributed by atoms with van der Waals surface area (Å²) in [5.41, 5.74) is 21.2. The van der Waals surface area contributed by atoms with E-state index in [1.54, 1.807) is 0 Å². The second-order valence-corrected chi connectivity index (χ2v) is 25.4. The zero-order chi connectivity index (χ0) is 53.6. The van der Waals surface area contributed by atoms with Gasteiger partial charge in [-0.1, -0.05) is 207 Å². The summed E-state index contributed by atoms with van der Waals surface area (Å²) in [6.45, 7) is 35.6. The smallest absolute Gasteiger partial charge is 0.0482 e. The molecule has 0 atom stereocenters. The minimum Gasteiger partial charge on any atom is -0.356 e. The van der Waals surface area contributed by atoms with E-state index in [-0.39, 0.29) is 21.7 Å². The number of hydrogen-bond acceptors (Lipinski definition) is 2. The van der Waals surface area contributed by atoms with Crippen molar-refractivity contribution in [2.45, 2.75) is 132 Å². The maximum atomic E-state index is 6.80. The Labute approximate surface area is 458 Å². The van der Waals surface area contributed by atoms with Crippen molar-refractivity contribution in [1.82, 2.24) is 0 Å². The highest BCUT2D eigenvalue weighted by Crippen LogP contribution is 2.42. The van der Waals surface area contributed by atoms with Gasteiger partial charge >= 0.3 is 0 Å². The van der Waals surface area contributed by atoms with E-state index in [1.165, 1.54) is 55.6 Å². The Hall–Kier alpha value is -5.58. The first-order valence-electron chi connectivity index (χ1n) is 25.5. The van der Waals surface area contributed by atoms with E-state index in [4.69, 9.17) is 23.2 Å². The number of nitrogens with zero attached hydrogens (tertiary/aromatic N) is 1. The molecule has 0 saturated carbocycles. The molecule has 0 heterocycles. The summed E-state index contributed by atoms with van der Waals surface area (Å²) in [4.78, 5) is 2.34. The van der Waals surface area contributed by atoms with Gasteiger partial charge in [-0.15, -0.1) is 0 Å². The van der Waals surface area contributed by atoms with E-state index in [0.717, 1.165) is 54.1 Å². The Bertz CT molecular complexity index is 3000. The van der Waals surface area contributed by atoms with Gasteiger partial charge in [-0.25, -0.2) is 0 Å². The molecule has 8 aromatic rings. The predicted octanol–water partition coefficient (Wildman–Crippen LogP) is 22.1. The van der Waals surface area contributed by atoms with Crippen LogP contribution in [0.1, 0.15) is 128 Å². The van der Waals surface area contributed by atoms with Gasteiger partial charge in [0.2, 0.25) is 0 Å². The summed E-state index contributed by atoms with van der Waals surface area (Å²) in [6.07, 6.45) is 0. The molecule has 380 valence electrons. The van der Waals surface area contributed by atoms with Gasteiger partial charge < -0.3 is 10.2 Å². The average molecular weight is 1070 g/mol. The number of benzene rings is 8. The zero-order valence-corrected chi connectivity index (χ0v) is 49.3. The molecule has 0 saturated heterocycles. The van der Waals surface area contributed by atoms with E-state index >= 15 is 0 Å². The Balaban J connectivity index is 0.000000198. The lowest BCUT2D eigenvalue weighted by atomic mass is 9.86. The normalized spacial score (nSPS) is 11.8. The summed E-state index contributed by atoms with van der Waals surface area (Å²) in [6, 6.07) is 60.3. The average Bonchev–Trinajstić information content (AvgIpc) is 3.28. The maximum Gasteiger partial charge on any atom is 0.0482 e.